The fraction of sp³-hybridized carbons (Fsp3) is 0.529. The van der Waals surface area contributed by atoms with Crippen LogP contribution in [0.4, 0.5) is 0 Å². The van der Waals surface area contributed by atoms with Gasteiger partial charge in [-0.1, -0.05) is 13.8 Å². The van der Waals surface area contributed by atoms with Gasteiger partial charge in [0.05, 0.1) is 11.5 Å². The number of hydrogen-bond acceptors (Lipinski definition) is 6. The van der Waals surface area contributed by atoms with Crippen LogP contribution in [0.1, 0.15) is 26.0 Å². The van der Waals surface area contributed by atoms with E-state index in [2.05, 4.69) is 15.9 Å². The molecule has 1 saturated heterocycles. The smallest absolute Gasteiger partial charge is 0.331 e. The molecule has 2 heterocycles. The van der Waals surface area contributed by atoms with Crippen molar-refractivity contribution in [2.24, 2.45) is 5.92 Å². The number of rotatable bonds is 7. The Morgan fingerprint density at radius 1 is 1.42 bits per heavy atom. The monoisotopic (exact) mass is 447 g/mol. The highest BCUT2D eigenvalue weighted by Crippen LogP contribution is 2.19. The van der Waals surface area contributed by atoms with Gasteiger partial charge in [-0.3, -0.25) is 4.79 Å². The highest BCUT2D eigenvalue weighted by Gasteiger charge is 2.35. The van der Waals surface area contributed by atoms with Gasteiger partial charge in [0.1, 0.15) is 5.76 Å². The topological polar surface area (TPSA) is 93.9 Å². The van der Waals surface area contributed by atoms with Crippen LogP contribution in [-0.4, -0.2) is 55.9 Å². The average Bonchev–Trinajstić information content (AvgIpc) is 3.13. The molecule has 2 rings (SSSR count). The maximum absolute atomic E-state index is 12.5. The molecule has 9 heteroatoms. The van der Waals surface area contributed by atoms with Crippen molar-refractivity contribution in [3.05, 3.63) is 28.6 Å². The molecule has 0 N–H and O–H groups in total. The molecular weight excluding hydrogens is 426 g/mol. The van der Waals surface area contributed by atoms with E-state index in [9.17, 15) is 18.0 Å². The minimum Gasteiger partial charge on any atom is -0.452 e. The van der Waals surface area contributed by atoms with Gasteiger partial charge in [-0.15, -0.1) is 0 Å². The van der Waals surface area contributed by atoms with Crippen molar-refractivity contribution in [2.75, 3.05) is 24.7 Å². The van der Waals surface area contributed by atoms with E-state index in [1.165, 1.54) is 17.1 Å². The second-order valence-corrected chi connectivity index (χ2v) is 9.59. The Balaban J connectivity index is 1.92. The fourth-order valence-corrected chi connectivity index (χ4v) is 4.75. The van der Waals surface area contributed by atoms with Crippen molar-refractivity contribution in [2.45, 2.75) is 26.3 Å². The zero-order valence-corrected chi connectivity index (χ0v) is 17.1. The molecule has 1 aromatic rings. The first-order valence-corrected chi connectivity index (χ1v) is 10.9. The molecule has 0 radical (unpaired) electrons. The lowest BCUT2D eigenvalue weighted by Crippen LogP contribution is -2.45. The molecule has 0 unspecified atom stereocenters. The van der Waals surface area contributed by atoms with Crippen LogP contribution < -0.4 is 0 Å². The number of ether oxygens (including phenoxy) is 1. The summed E-state index contributed by atoms with van der Waals surface area (Å²) in [6, 6.07) is 3.00. The van der Waals surface area contributed by atoms with E-state index in [0.29, 0.717) is 23.4 Å². The summed E-state index contributed by atoms with van der Waals surface area (Å²) in [5.74, 6) is -0.362. The Kier molecular flexibility index (Phi) is 7.05. The van der Waals surface area contributed by atoms with Crippen molar-refractivity contribution in [3.8, 4) is 0 Å². The third-order valence-corrected chi connectivity index (χ3v) is 6.02. The standard InChI is InChI=1S/C17H22BrNO6S/c1-12(2)9-19(13-7-8-26(22,23)11-13)16(20)10-24-17(21)6-4-14-3-5-15(18)25-14/h3-6,12-13H,7-11H2,1-2H3/b6-4+/t13-/m1/s1. The first-order chi connectivity index (χ1) is 12.2. The largest absolute Gasteiger partial charge is 0.452 e. The summed E-state index contributed by atoms with van der Waals surface area (Å²) >= 11 is 3.15. The summed E-state index contributed by atoms with van der Waals surface area (Å²) in [4.78, 5) is 25.8. The summed E-state index contributed by atoms with van der Waals surface area (Å²) in [7, 11) is -3.11. The quantitative estimate of drug-likeness (QED) is 0.469. The molecule has 0 saturated carbocycles. The molecule has 1 aliphatic rings. The van der Waals surface area contributed by atoms with Gasteiger partial charge in [0.2, 0.25) is 0 Å². The van der Waals surface area contributed by atoms with Gasteiger partial charge < -0.3 is 14.1 Å². The number of carbonyl (C=O) groups excluding carboxylic acids is 2. The molecule has 0 bridgehead atoms. The van der Waals surface area contributed by atoms with Gasteiger partial charge in [0, 0.05) is 18.7 Å². The highest BCUT2D eigenvalue weighted by molar-refractivity contribution is 9.10. The molecule has 144 valence electrons. The van der Waals surface area contributed by atoms with Crippen molar-refractivity contribution < 1.29 is 27.2 Å². The van der Waals surface area contributed by atoms with Crippen LogP contribution in [0, 0.1) is 5.92 Å². The van der Waals surface area contributed by atoms with Gasteiger partial charge in [0.15, 0.2) is 21.1 Å². The van der Waals surface area contributed by atoms with Gasteiger partial charge in [0.25, 0.3) is 5.91 Å². The molecule has 1 fully saturated rings. The predicted molar refractivity (Wildman–Crippen MR) is 100 cm³/mol. The second kappa shape index (κ2) is 8.85. The Bertz CT molecular complexity index is 783. The molecule has 1 aromatic heterocycles. The van der Waals surface area contributed by atoms with E-state index in [1.807, 2.05) is 13.8 Å². The summed E-state index contributed by atoms with van der Waals surface area (Å²) < 4.78 is 34.1. The Hall–Kier alpha value is -1.61. The first kappa shape index (κ1) is 20.7. The number of halogens is 1. The first-order valence-electron chi connectivity index (χ1n) is 8.26. The fourth-order valence-electron chi connectivity index (χ4n) is 2.70. The highest BCUT2D eigenvalue weighted by atomic mass is 79.9. The third-order valence-electron chi connectivity index (χ3n) is 3.85. The van der Waals surface area contributed by atoms with Crippen molar-refractivity contribution >= 4 is 43.7 Å². The van der Waals surface area contributed by atoms with E-state index in [4.69, 9.17) is 9.15 Å². The lowest BCUT2D eigenvalue weighted by atomic mass is 10.1. The van der Waals surface area contributed by atoms with E-state index in [1.54, 1.807) is 12.1 Å². The van der Waals surface area contributed by atoms with Crippen molar-refractivity contribution in [1.82, 2.24) is 4.90 Å². The molecule has 7 nitrogen and oxygen atoms in total. The minimum atomic E-state index is -3.11. The van der Waals surface area contributed by atoms with Crippen LogP contribution in [0.3, 0.4) is 0 Å². The SMILES string of the molecule is CC(C)CN(C(=O)COC(=O)/C=C/c1ccc(Br)o1)[C@@H]1CCS(=O)(=O)C1. The van der Waals surface area contributed by atoms with Gasteiger partial charge in [-0.05, 0) is 46.5 Å². The number of amides is 1. The number of hydrogen-bond donors (Lipinski definition) is 0. The van der Waals surface area contributed by atoms with E-state index in [-0.39, 0.29) is 29.4 Å². The van der Waals surface area contributed by atoms with Crippen LogP contribution >= 0.6 is 15.9 Å². The zero-order chi connectivity index (χ0) is 19.3. The van der Waals surface area contributed by atoms with Crippen LogP contribution in [0.2, 0.25) is 0 Å². The summed E-state index contributed by atoms with van der Waals surface area (Å²) in [5, 5.41) is 0. The van der Waals surface area contributed by atoms with Crippen LogP contribution in [0.5, 0.6) is 0 Å². The lowest BCUT2D eigenvalue weighted by Gasteiger charge is -2.29. The summed E-state index contributed by atoms with van der Waals surface area (Å²) in [6.07, 6.45) is 3.03. The number of furan rings is 1. The number of carbonyl (C=O) groups is 2. The number of nitrogens with zero attached hydrogens (tertiary/aromatic N) is 1. The van der Waals surface area contributed by atoms with E-state index >= 15 is 0 Å². The van der Waals surface area contributed by atoms with E-state index in [0.717, 1.165) is 0 Å². The lowest BCUT2D eigenvalue weighted by molar-refractivity contribution is -0.149. The molecule has 1 aliphatic heterocycles. The predicted octanol–water partition coefficient (Wildman–Crippen LogP) is 2.27. The second-order valence-electron chi connectivity index (χ2n) is 6.58. The van der Waals surface area contributed by atoms with Crippen LogP contribution in [0.15, 0.2) is 27.3 Å². The van der Waals surface area contributed by atoms with Crippen molar-refractivity contribution in [3.63, 3.8) is 0 Å². The van der Waals surface area contributed by atoms with Gasteiger partial charge in [-0.2, -0.15) is 0 Å². The molecule has 0 aromatic carbocycles. The Morgan fingerprint density at radius 3 is 2.69 bits per heavy atom. The molecule has 0 spiro atoms. The molecule has 1 amide bonds. The average molecular weight is 448 g/mol. The molecular formula is C17H22BrNO6S. The molecule has 1 atom stereocenters. The summed E-state index contributed by atoms with van der Waals surface area (Å²) in [6.45, 7) is 3.89. The van der Waals surface area contributed by atoms with Gasteiger partial charge in [-0.25, -0.2) is 13.2 Å². The number of esters is 1. The van der Waals surface area contributed by atoms with E-state index < -0.39 is 22.4 Å². The van der Waals surface area contributed by atoms with Crippen LogP contribution in [0.25, 0.3) is 6.08 Å². The van der Waals surface area contributed by atoms with Crippen molar-refractivity contribution in [1.29, 1.82) is 0 Å². The Labute approximate surface area is 161 Å². The Morgan fingerprint density at radius 2 is 2.15 bits per heavy atom. The zero-order valence-electron chi connectivity index (χ0n) is 14.7. The maximum atomic E-state index is 12.5. The summed E-state index contributed by atoms with van der Waals surface area (Å²) in [5.41, 5.74) is 0. The van der Waals surface area contributed by atoms with Gasteiger partial charge >= 0.3 is 5.97 Å². The third kappa shape index (κ3) is 6.28. The maximum Gasteiger partial charge on any atom is 0.331 e. The molecule has 0 aliphatic carbocycles. The number of sulfone groups is 1. The normalized spacial score (nSPS) is 19.2. The molecule has 26 heavy (non-hydrogen) atoms. The minimum absolute atomic E-state index is 0.0350. The van der Waals surface area contributed by atoms with Crippen LogP contribution in [-0.2, 0) is 24.2 Å².